The Labute approximate surface area is 125 Å². The Morgan fingerprint density at radius 3 is 2.00 bits per heavy atom. The van der Waals surface area contributed by atoms with Crippen LogP contribution in [0, 0.1) is 5.92 Å². The van der Waals surface area contributed by atoms with Crippen LogP contribution >= 0.6 is 0 Å². The van der Waals surface area contributed by atoms with Crippen molar-refractivity contribution < 1.29 is 32.6 Å². The van der Waals surface area contributed by atoms with Gasteiger partial charge in [0.2, 0.25) is 0 Å². The van der Waals surface area contributed by atoms with Crippen molar-refractivity contribution >= 4 is 17.6 Å². The van der Waals surface area contributed by atoms with E-state index in [2.05, 4.69) is 0 Å². The van der Waals surface area contributed by atoms with Gasteiger partial charge in [0.05, 0.1) is 7.11 Å². The first kappa shape index (κ1) is 17.8. The molecule has 1 rings (SSSR count). The summed E-state index contributed by atoms with van der Waals surface area (Å²) in [5.74, 6) is -4.08. The molecule has 0 bridgehead atoms. The molecule has 1 amide bonds. The van der Waals surface area contributed by atoms with E-state index in [4.69, 9.17) is 4.74 Å². The maximum absolute atomic E-state index is 12.8. The van der Waals surface area contributed by atoms with Crippen LogP contribution in [0.2, 0.25) is 0 Å². The summed E-state index contributed by atoms with van der Waals surface area (Å²) in [5.41, 5.74) is -0.163. The standard InChI is InChI=1S/C14H16F3NO4/c1-8(2)11(12(19)20)18(13(21)14(15,16)17)9-4-6-10(22-3)7-5-9/h4-8,11H,1-3H3,(H,19,20)/t11-/m0/s1. The number of carboxylic acid groups (broad SMARTS) is 1. The van der Waals surface area contributed by atoms with Gasteiger partial charge < -0.3 is 9.84 Å². The maximum Gasteiger partial charge on any atom is 0.471 e. The van der Waals surface area contributed by atoms with Gasteiger partial charge in [-0.15, -0.1) is 0 Å². The molecule has 1 atom stereocenters. The monoisotopic (exact) mass is 319 g/mol. The third kappa shape index (κ3) is 3.90. The number of hydrogen-bond acceptors (Lipinski definition) is 3. The summed E-state index contributed by atoms with van der Waals surface area (Å²) in [4.78, 5) is 23.3. The molecular weight excluding hydrogens is 303 g/mol. The normalized spacial score (nSPS) is 12.9. The van der Waals surface area contributed by atoms with E-state index in [0.717, 1.165) is 0 Å². The first-order valence-corrected chi connectivity index (χ1v) is 6.36. The largest absolute Gasteiger partial charge is 0.497 e. The van der Waals surface area contributed by atoms with E-state index >= 15 is 0 Å². The van der Waals surface area contributed by atoms with Crippen molar-refractivity contribution in [2.24, 2.45) is 5.92 Å². The summed E-state index contributed by atoms with van der Waals surface area (Å²) in [6, 6.07) is 3.49. The molecule has 1 aromatic carbocycles. The molecule has 122 valence electrons. The van der Waals surface area contributed by atoms with Crippen molar-refractivity contribution in [3.8, 4) is 5.75 Å². The number of aliphatic carboxylic acids is 1. The third-order valence-electron chi connectivity index (χ3n) is 2.97. The highest BCUT2D eigenvalue weighted by molar-refractivity contribution is 6.02. The van der Waals surface area contributed by atoms with E-state index in [9.17, 15) is 27.9 Å². The van der Waals surface area contributed by atoms with Crippen molar-refractivity contribution in [2.75, 3.05) is 12.0 Å². The van der Waals surface area contributed by atoms with Gasteiger partial charge in [-0.05, 0) is 30.2 Å². The number of carbonyl (C=O) groups is 2. The number of carboxylic acids is 1. The van der Waals surface area contributed by atoms with Crippen LogP contribution in [0.15, 0.2) is 24.3 Å². The predicted molar refractivity (Wildman–Crippen MR) is 72.8 cm³/mol. The van der Waals surface area contributed by atoms with E-state index in [1.54, 1.807) is 0 Å². The second-order valence-corrected chi connectivity index (χ2v) is 4.90. The van der Waals surface area contributed by atoms with Gasteiger partial charge >= 0.3 is 18.1 Å². The van der Waals surface area contributed by atoms with Crippen LogP contribution in [0.1, 0.15) is 13.8 Å². The molecule has 0 saturated carbocycles. The lowest BCUT2D eigenvalue weighted by atomic mass is 10.0. The first-order valence-electron chi connectivity index (χ1n) is 6.36. The SMILES string of the molecule is COc1ccc(N(C(=O)C(F)(F)F)[C@H](C(=O)O)C(C)C)cc1. The van der Waals surface area contributed by atoms with Gasteiger partial charge in [0.1, 0.15) is 11.8 Å². The Bertz CT molecular complexity index is 540. The van der Waals surface area contributed by atoms with E-state index in [-0.39, 0.29) is 10.6 Å². The molecule has 5 nitrogen and oxygen atoms in total. The number of halogens is 3. The highest BCUT2D eigenvalue weighted by atomic mass is 19.4. The summed E-state index contributed by atoms with van der Waals surface area (Å²) in [7, 11) is 1.38. The number of hydrogen-bond donors (Lipinski definition) is 1. The molecule has 0 aliphatic rings. The summed E-state index contributed by atoms with van der Waals surface area (Å²) in [5, 5.41) is 9.20. The number of rotatable bonds is 5. The number of nitrogens with zero attached hydrogens (tertiary/aromatic N) is 1. The first-order chi connectivity index (χ1) is 10.1. The fraction of sp³-hybridized carbons (Fsp3) is 0.429. The van der Waals surface area contributed by atoms with Gasteiger partial charge in [0.15, 0.2) is 0 Å². The number of benzene rings is 1. The smallest absolute Gasteiger partial charge is 0.471 e. The van der Waals surface area contributed by atoms with Crippen molar-refractivity contribution in [1.29, 1.82) is 0 Å². The predicted octanol–water partition coefficient (Wildman–Crippen LogP) is 2.70. The van der Waals surface area contributed by atoms with Gasteiger partial charge in [0, 0.05) is 5.69 Å². The quantitative estimate of drug-likeness (QED) is 0.906. The topological polar surface area (TPSA) is 66.8 Å². The number of alkyl halides is 3. The molecule has 8 heteroatoms. The number of methoxy groups -OCH3 is 1. The summed E-state index contributed by atoms with van der Waals surface area (Å²) >= 11 is 0. The van der Waals surface area contributed by atoms with Crippen LogP contribution in [0.3, 0.4) is 0 Å². The lowest BCUT2D eigenvalue weighted by Gasteiger charge is -2.32. The lowest BCUT2D eigenvalue weighted by molar-refractivity contribution is -0.172. The average molecular weight is 319 g/mol. The van der Waals surface area contributed by atoms with Crippen molar-refractivity contribution in [3.63, 3.8) is 0 Å². The third-order valence-corrected chi connectivity index (χ3v) is 2.97. The van der Waals surface area contributed by atoms with Crippen molar-refractivity contribution in [1.82, 2.24) is 0 Å². The van der Waals surface area contributed by atoms with Crippen LogP contribution in [-0.4, -0.2) is 36.3 Å². The molecule has 0 unspecified atom stereocenters. The van der Waals surface area contributed by atoms with E-state index in [1.807, 2.05) is 0 Å². The zero-order valence-corrected chi connectivity index (χ0v) is 12.2. The van der Waals surface area contributed by atoms with Gasteiger partial charge in [0.25, 0.3) is 0 Å². The fourth-order valence-electron chi connectivity index (χ4n) is 1.98. The number of amides is 1. The molecule has 0 aliphatic heterocycles. The van der Waals surface area contributed by atoms with Crippen LogP contribution in [0.25, 0.3) is 0 Å². The zero-order chi connectivity index (χ0) is 17.1. The van der Waals surface area contributed by atoms with E-state index < -0.39 is 30.0 Å². The summed E-state index contributed by atoms with van der Waals surface area (Å²) < 4.78 is 43.3. The number of anilines is 1. The van der Waals surface area contributed by atoms with E-state index in [1.165, 1.54) is 45.2 Å². The fourth-order valence-corrected chi connectivity index (χ4v) is 1.98. The molecule has 0 fully saturated rings. The molecule has 0 aliphatic carbocycles. The molecule has 22 heavy (non-hydrogen) atoms. The van der Waals surface area contributed by atoms with Gasteiger partial charge in [-0.1, -0.05) is 13.8 Å². The zero-order valence-electron chi connectivity index (χ0n) is 12.2. The Morgan fingerprint density at radius 2 is 1.68 bits per heavy atom. The minimum Gasteiger partial charge on any atom is -0.497 e. The summed E-state index contributed by atoms with van der Waals surface area (Å²) in [6.45, 7) is 2.86. The highest BCUT2D eigenvalue weighted by Gasteiger charge is 2.47. The molecule has 1 aromatic rings. The Balaban J connectivity index is 3.37. The van der Waals surface area contributed by atoms with Crippen molar-refractivity contribution in [3.05, 3.63) is 24.3 Å². The minimum absolute atomic E-state index is 0.163. The molecule has 0 heterocycles. The molecule has 0 saturated heterocycles. The Kier molecular flexibility index (Phi) is 5.40. The minimum atomic E-state index is -5.18. The van der Waals surface area contributed by atoms with Crippen LogP contribution in [0.4, 0.5) is 18.9 Å². The lowest BCUT2D eigenvalue weighted by Crippen LogP contribution is -2.53. The van der Waals surface area contributed by atoms with Crippen LogP contribution in [-0.2, 0) is 9.59 Å². The van der Waals surface area contributed by atoms with Gasteiger partial charge in [-0.3, -0.25) is 9.69 Å². The second-order valence-electron chi connectivity index (χ2n) is 4.90. The maximum atomic E-state index is 12.8. The van der Waals surface area contributed by atoms with Crippen LogP contribution < -0.4 is 9.64 Å². The molecule has 0 aromatic heterocycles. The average Bonchev–Trinajstić information content (AvgIpc) is 2.42. The van der Waals surface area contributed by atoms with Gasteiger partial charge in [-0.25, -0.2) is 4.79 Å². The number of carbonyl (C=O) groups excluding carboxylic acids is 1. The van der Waals surface area contributed by atoms with Gasteiger partial charge in [-0.2, -0.15) is 13.2 Å². The molecular formula is C14H16F3NO4. The highest BCUT2D eigenvalue weighted by Crippen LogP contribution is 2.29. The molecule has 0 radical (unpaired) electrons. The van der Waals surface area contributed by atoms with Crippen LogP contribution in [0.5, 0.6) is 5.75 Å². The molecule has 1 N–H and O–H groups in total. The molecule has 0 spiro atoms. The summed E-state index contributed by atoms with van der Waals surface area (Å²) in [6.07, 6.45) is -5.18. The van der Waals surface area contributed by atoms with E-state index in [0.29, 0.717) is 5.75 Å². The Morgan fingerprint density at radius 1 is 1.18 bits per heavy atom. The Hall–Kier alpha value is -2.25. The van der Waals surface area contributed by atoms with Crippen molar-refractivity contribution in [2.45, 2.75) is 26.1 Å². The number of ether oxygens (including phenoxy) is 1. The second kappa shape index (κ2) is 6.67.